The summed E-state index contributed by atoms with van der Waals surface area (Å²) in [5.74, 6) is 0.466. The van der Waals surface area contributed by atoms with Gasteiger partial charge in [0, 0.05) is 22.5 Å². The highest BCUT2D eigenvalue weighted by Crippen LogP contribution is 2.30. The number of aromatic nitrogens is 2. The van der Waals surface area contributed by atoms with Gasteiger partial charge in [0.05, 0.1) is 11.7 Å². The van der Waals surface area contributed by atoms with Crippen molar-refractivity contribution < 1.29 is 4.39 Å². The lowest BCUT2D eigenvalue weighted by molar-refractivity contribution is 0.328. The van der Waals surface area contributed by atoms with Crippen molar-refractivity contribution in [1.29, 1.82) is 0 Å². The predicted octanol–water partition coefficient (Wildman–Crippen LogP) is 4.40. The van der Waals surface area contributed by atoms with Gasteiger partial charge in [0.1, 0.15) is 5.82 Å². The zero-order valence-corrected chi connectivity index (χ0v) is 12.8. The van der Waals surface area contributed by atoms with Gasteiger partial charge in [-0.25, -0.2) is 4.39 Å². The van der Waals surface area contributed by atoms with E-state index in [2.05, 4.69) is 22.0 Å². The number of anilines is 1. The maximum absolute atomic E-state index is 13.0. The summed E-state index contributed by atoms with van der Waals surface area (Å²) in [7, 11) is 0. The fourth-order valence-corrected chi connectivity index (χ4v) is 3.65. The molecule has 1 aliphatic carbocycles. The summed E-state index contributed by atoms with van der Waals surface area (Å²) in [6.45, 7) is 0. The molecule has 1 fully saturated rings. The molecule has 5 heteroatoms. The van der Waals surface area contributed by atoms with E-state index in [1.54, 1.807) is 17.8 Å². The Morgan fingerprint density at radius 3 is 2.81 bits per heavy atom. The molecule has 2 N–H and O–H groups in total. The Balaban J connectivity index is 1.61. The highest BCUT2D eigenvalue weighted by molar-refractivity contribution is 7.98. The molecule has 0 radical (unpaired) electrons. The molecule has 1 saturated carbocycles. The lowest BCUT2D eigenvalue weighted by Crippen LogP contribution is -2.13. The molecule has 3 nitrogen and oxygen atoms in total. The molecule has 0 spiro atoms. The molecular weight excluding hydrogens is 285 g/mol. The van der Waals surface area contributed by atoms with Gasteiger partial charge < -0.3 is 5.73 Å². The molecule has 1 aromatic carbocycles. The summed E-state index contributed by atoms with van der Waals surface area (Å²) in [6.07, 6.45) is 8.52. The molecule has 1 aromatic heterocycles. The Morgan fingerprint density at radius 2 is 2.05 bits per heavy atom. The van der Waals surface area contributed by atoms with E-state index in [4.69, 9.17) is 5.73 Å². The topological polar surface area (TPSA) is 43.8 Å². The zero-order chi connectivity index (χ0) is 14.7. The SMILES string of the molecule is Nc1cc(F)ccc1SCc1ccn(C2CCCCC2)n1. The van der Waals surface area contributed by atoms with Crippen LogP contribution in [0, 0.1) is 5.82 Å². The maximum Gasteiger partial charge on any atom is 0.125 e. The van der Waals surface area contributed by atoms with E-state index < -0.39 is 0 Å². The molecule has 0 bridgehead atoms. The third kappa shape index (κ3) is 3.59. The van der Waals surface area contributed by atoms with Gasteiger partial charge in [-0.1, -0.05) is 19.3 Å². The van der Waals surface area contributed by atoms with Gasteiger partial charge in [-0.3, -0.25) is 4.68 Å². The van der Waals surface area contributed by atoms with Crippen molar-refractivity contribution in [1.82, 2.24) is 9.78 Å². The lowest BCUT2D eigenvalue weighted by atomic mass is 9.96. The lowest BCUT2D eigenvalue weighted by Gasteiger charge is -2.21. The van der Waals surface area contributed by atoms with Gasteiger partial charge in [0.2, 0.25) is 0 Å². The highest BCUT2D eigenvalue weighted by atomic mass is 32.2. The van der Waals surface area contributed by atoms with E-state index >= 15 is 0 Å². The van der Waals surface area contributed by atoms with Crippen LogP contribution in [0.5, 0.6) is 0 Å². The Morgan fingerprint density at radius 1 is 1.24 bits per heavy atom. The van der Waals surface area contributed by atoms with Gasteiger partial charge in [-0.2, -0.15) is 5.10 Å². The van der Waals surface area contributed by atoms with Crippen molar-refractivity contribution in [2.45, 2.75) is 48.8 Å². The van der Waals surface area contributed by atoms with E-state index in [1.165, 1.54) is 44.2 Å². The fourth-order valence-electron chi connectivity index (χ4n) is 2.81. The van der Waals surface area contributed by atoms with E-state index in [1.807, 2.05) is 0 Å². The van der Waals surface area contributed by atoms with Crippen LogP contribution < -0.4 is 5.73 Å². The Hall–Kier alpha value is -1.49. The summed E-state index contributed by atoms with van der Waals surface area (Å²) in [4.78, 5) is 0.906. The number of rotatable bonds is 4. The minimum atomic E-state index is -0.293. The average Bonchev–Trinajstić information content (AvgIpc) is 2.96. The first-order valence-corrected chi connectivity index (χ1v) is 8.43. The maximum atomic E-state index is 13.0. The van der Waals surface area contributed by atoms with Crippen LogP contribution in [0.4, 0.5) is 10.1 Å². The first-order valence-electron chi connectivity index (χ1n) is 7.44. The monoisotopic (exact) mass is 305 g/mol. The highest BCUT2D eigenvalue weighted by Gasteiger charge is 2.16. The number of thioether (sulfide) groups is 1. The first kappa shape index (κ1) is 14.4. The van der Waals surface area contributed by atoms with Crippen molar-refractivity contribution in [3.63, 3.8) is 0 Å². The molecule has 0 aliphatic heterocycles. The quantitative estimate of drug-likeness (QED) is 0.672. The van der Waals surface area contributed by atoms with E-state index in [0.29, 0.717) is 11.7 Å². The number of halogens is 1. The van der Waals surface area contributed by atoms with Crippen molar-refractivity contribution in [2.75, 3.05) is 5.73 Å². The first-order chi connectivity index (χ1) is 10.2. The molecule has 21 heavy (non-hydrogen) atoms. The number of benzene rings is 1. The van der Waals surface area contributed by atoms with E-state index in [0.717, 1.165) is 16.3 Å². The van der Waals surface area contributed by atoms with Crippen LogP contribution in [0.1, 0.15) is 43.8 Å². The molecule has 112 valence electrons. The Kier molecular flexibility index (Phi) is 4.48. The second kappa shape index (κ2) is 6.52. The Labute approximate surface area is 128 Å². The molecule has 1 aliphatic rings. The number of hydrogen-bond donors (Lipinski definition) is 1. The third-order valence-electron chi connectivity index (χ3n) is 3.96. The van der Waals surface area contributed by atoms with Gasteiger partial charge >= 0.3 is 0 Å². The predicted molar refractivity (Wildman–Crippen MR) is 84.7 cm³/mol. The van der Waals surface area contributed by atoms with Crippen molar-refractivity contribution in [3.8, 4) is 0 Å². The van der Waals surface area contributed by atoms with Crippen LogP contribution in [0.15, 0.2) is 35.4 Å². The largest absolute Gasteiger partial charge is 0.398 e. The van der Waals surface area contributed by atoms with Crippen LogP contribution in [0.2, 0.25) is 0 Å². The summed E-state index contributed by atoms with van der Waals surface area (Å²) in [5, 5.41) is 4.68. The molecule has 2 aromatic rings. The van der Waals surface area contributed by atoms with Crippen LogP contribution in [0.25, 0.3) is 0 Å². The van der Waals surface area contributed by atoms with Crippen molar-refractivity contribution in [2.24, 2.45) is 0 Å². The van der Waals surface area contributed by atoms with Crippen molar-refractivity contribution in [3.05, 3.63) is 42.0 Å². The van der Waals surface area contributed by atoms with Gasteiger partial charge in [0.25, 0.3) is 0 Å². The van der Waals surface area contributed by atoms with Crippen LogP contribution >= 0.6 is 11.8 Å². The molecule has 3 rings (SSSR count). The van der Waals surface area contributed by atoms with Crippen LogP contribution in [-0.4, -0.2) is 9.78 Å². The second-order valence-electron chi connectivity index (χ2n) is 5.55. The average molecular weight is 305 g/mol. The van der Waals surface area contributed by atoms with Crippen molar-refractivity contribution >= 4 is 17.4 Å². The fraction of sp³-hybridized carbons (Fsp3) is 0.438. The molecule has 1 heterocycles. The summed E-state index contributed by atoms with van der Waals surface area (Å²) in [6, 6.07) is 7.17. The molecule has 0 atom stereocenters. The minimum Gasteiger partial charge on any atom is -0.398 e. The third-order valence-corrected chi connectivity index (χ3v) is 5.08. The zero-order valence-electron chi connectivity index (χ0n) is 12.0. The minimum absolute atomic E-state index is 0.293. The normalized spacial score (nSPS) is 16.2. The van der Waals surface area contributed by atoms with Gasteiger partial charge in [-0.15, -0.1) is 11.8 Å². The molecular formula is C16H20FN3S. The number of nitrogens with zero attached hydrogens (tertiary/aromatic N) is 2. The van der Waals surface area contributed by atoms with E-state index in [-0.39, 0.29) is 5.82 Å². The van der Waals surface area contributed by atoms with Crippen LogP contribution in [-0.2, 0) is 5.75 Å². The van der Waals surface area contributed by atoms with Crippen LogP contribution in [0.3, 0.4) is 0 Å². The number of nitrogens with two attached hydrogens (primary N) is 1. The number of hydrogen-bond acceptors (Lipinski definition) is 3. The summed E-state index contributed by atoms with van der Waals surface area (Å²) in [5.41, 5.74) is 7.36. The second-order valence-corrected chi connectivity index (χ2v) is 6.57. The summed E-state index contributed by atoms with van der Waals surface area (Å²) < 4.78 is 15.1. The molecule has 0 saturated heterocycles. The smallest absolute Gasteiger partial charge is 0.125 e. The molecule has 0 unspecified atom stereocenters. The summed E-state index contributed by atoms with van der Waals surface area (Å²) >= 11 is 1.60. The Bertz CT molecular complexity index is 605. The van der Waals surface area contributed by atoms with E-state index in [9.17, 15) is 4.39 Å². The molecule has 0 amide bonds. The van der Waals surface area contributed by atoms with Gasteiger partial charge in [0.15, 0.2) is 0 Å². The van der Waals surface area contributed by atoms with Gasteiger partial charge in [-0.05, 0) is 37.1 Å². The standard InChI is InChI=1S/C16H20FN3S/c17-12-6-7-16(15(18)10-12)21-11-13-8-9-20(19-13)14-4-2-1-3-5-14/h6-10,14H,1-5,11,18H2. The number of nitrogen functional groups attached to an aromatic ring is 1.